The third-order valence-corrected chi connectivity index (χ3v) is 5.18. The van der Waals surface area contributed by atoms with E-state index in [1.54, 1.807) is 35.0 Å². The van der Waals surface area contributed by atoms with Gasteiger partial charge in [-0.15, -0.1) is 0 Å². The quantitative estimate of drug-likeness (QED) is 0.535. The highest BCUT2D eigenvalue weighted by Gasteiger charge is 2.16. The lowest BCUT2D eigenvalue weighted by molar-refractivity contribution is 0.0949. The Morgan fingerprint density at radius 2 is 1.83 bits per heavy atom. The molecule has 0 atom stereocenters. The maximum absolute atomic E-state index is 12.9. The van der Waals surface area contributed by atoms with Crippen molar-refractivity contribution in [1.29, 1.82) is 0 Å². The second-order valence-corrected chi connectivity index (χ2v) is 7.63. The third-order valence-electron chi connectivity index (χ3n) is 4.62. The molecule has 2 aromatic carbocycles. The fraction of sp³-hybridized carbons (Fsp3) is 0.217. The minimum atomic E-state index is -0.413. The van der Waals surface area contributed by atoms with E-state index in [2.05, 4.69) is 12.2 Å². The maximum atomic E-state index is 12.9. The van der Waals surface area contributed by atoms with Crippen LogP contribution in [-0.4, -0.2) is 10.5 Å². The van der Waals surface area contributed by atoms with Gasteiger partial charge in [-0.3, -0.25) is 9.59 Å². The van der Waals surface area contributed by atoms with Gasteiger partial charge < -0.3 is 9.88 Å². The van der Waals surface area contributed by atoms with Gasteiger partial charge in [0.1, 0.15) is 5.56 Å². The number of pyridine rings is 1. The van der Waals surface area contributed by atoms with Crippen molar-refractivity contribution >= 4 is 29.1 Å². The van der Waals surface area contributed by atoms with Crippen molar-refractivity contribution in [1.82, 2.24) is 9.88 Å². The number of hydrogen-bond donors (Lipinski definition) is 1. The molecule has 150 valence electrons. The van der Waals surface area contributed by atoms with Crippen LogP contribution in [0.15, 0.2) is 65.6 Å². The second-order valence-electron chi connectivity index (χ2n) is 6.79. The largest absolute Gasteiger partial charge is 0.348 e. The van der Waals surface area contributed by atoms with Crippen LogP contribution in [0.4, 0.5) is 0 Å². The number of rotatable bonds is 7. The lowest BCUT2D eigenvalue weighted by atomic mass is 10.0. The molecule has 0 saturated heterocycles. The van der Waals surface area contributed by atoms with E-state index in [0.29, 0.717) is 34.3 Å². The monoisotopic (exact) mass is 428 g/mol. The molecule has 0 aliphatic carbocycles. The molecule has 3 aromatic rings. The Labute approximate surface area is 180 Å². The zero-order valence-corrected chi connectivity index (χ0v) is 17.6. The molecule has 0 unspecified atom stereocenters. The molecule has 1 heterocycles. The molecule has 0 spiro atoms. The second kappa shape index (κ2) is 9.77. The predicted molar refractivity (Wildman–Crippen MR) is 119 cm³/mol. The summed E-state index contributed by atoms with van der Waals surface area (Å²) in [5.41, 5.74) is 2.09. The molecule has 0 aliphatic heterocycles. The van der Waals surface area contributed by atoms with Crippen molar-refractivity contribution in [3.63, 3.8) is 0 Å². The summed E-state index contributed by atoms with van der Waals surface area (Å²) < 4.78 is 1.58. The minimum Gasteiger partial charge on any atom is -0.348 e. The fourth-order valence-electron chi connectivity index (χ4n) is 3.03. The molecule has 0 saturated carbocycles. The Balaban J connectivity index is 1.99. The number of aryl methyl sites for hydroxylation is 1. The maximum Gasteiger partial charge on any atom is 0.263 e. The average molecular weight is 429 g/mol. The third kappa shape index (κ3) is 5.28. The van der Waals surface area contributed by atoms with Gasteiger partial charge in [-0.25, -0.2) is 0 Å². The molecule has 0 aliphatic rings. The van der Waals surface area contributed by atoms with Crippen LogP contribution >= 0.6 is 23.2 Å². The Kier molecular flexibility index (Phi) is 7.13. The molecule has 0 radical (unpaired) electrons. The average Bonchev–Trinajstić information content (AvgIpc) is 2.74. The van der Waals surface area contributed by atoms with Crippen molar-refractivity contribution in [2.75, 3.05) is 0 Å². The summed E-state index contributed by atoms with van der Waals surface area (Å²) in [4.78, 5) is 25.7. The van der Waals surface area contributed by atoms with Gasteiger partial charge in [-0.05, 0) is 36.2 Å². The van der Waals surface area contributed by atoms with Crippen molar-refractivity contribution in [2.24, 2.45) is 0 Å². The van der Waals surface area contributed by atoms with Crippen LogP contribution < -0.4 is 10.9 Å². The van der Waals surface area contributed by atoms with E-state index < -0.39 is 5.91 Å². The van der Waals surface area contributed by atoms with Gasteiger partial charge in [0, 0.05) is 40.5 Å². The highest BCUT2D eigenvalue weighted by Crippen LogP contribution is 2.30. The van der Waals surface area contributed by atoms with E-state index in [4.69, 9.17) is 23.2 Å². The molecule has 6 heteroatoms. The summed E-state index contributed by atoms with van der Waals surface area (Å²) in [6.45, 7) is 2.92. The fourth-order valence-corrected chi connectivity index (χ4v) is 3.43. The smallest absolute Gasteiger partial charge is 0.263 e. The number of nitrogens with one attached hydrogen (secondary N) is 1. The van der Waals surface area contributed by atoms with Crippen LogP contribution in [0, 0.1) is 0 Å². The molecule has 1 amide bonds. The van der Waals surface area contributed by atoms with Gasteiger partial charge in [0.05, 0.1) is 0 Å². The number of amides is 1. The SMILES string of the molecule is CCCCn1cc(-c2cc(Cl)ccc2Cl)cc(C(=O)NCc2ccccc2)c1=O. The topological polar surface area (TPSA) is 51.1 Å². The highest BCUT2D eigenvalue weighted by atomic mass is 35.5. The summed E-state index contributed by atoms with van der Waals surface area (Å²) in [6.07, 6.45) is 3.51. The Hall–Kier alpha value is -2.56. The molecule has 0 bridgehead atoms. The predicted octanol–water partition coefficient (Wildman–Crippen LogP) is 5.55. The summed E-state index contributed by atoms with van der Waals surface area (Å²) in [5, 5.41) is 3.87. The molecule has 1 aromatic heterocycles. The van der Waals surface area contributed by atoms with Gasteiger partial charge in [0.15, 0.2) is 0 Å². The van der Waals surface area contributed by atoms with Crippen molar-refractivity contribution in [3.8, 4) is 11.1 Å². The lowest BCUT2D eigenvalue weighted by Crippen LogP contribution is -2.33. The van der Waals surface area contributed by atoms with Crippen molar-refractivity contribution < 1.29 is 4.79 Å². The first-order valence-electron chi connectivity index (χ1n) is 9.51. The first kappa shape index (κ1) is 21.2. The van der Waals surface area contributed by atoms with Crippen LogP contribution in [-0.2, 0) is 13.1 Å². The van der Waals surface area contributed by atoms with Gasteiger partial charge in [0.25, 0.3) is 11.5 Å². The van der Waals surface area contributed by atoms with Gasteiger partial charge >= 0.3 is 0 Å². The molecular weight excluding hydrogens is 407 g/mol. The van der Waals surface area contributed by atoms with Crippen LogP contribution in [0.1, 0.15) is 35.7 Å². The van der Waals surface area contributed by atoms with E-state index in [9.17, 15) is 9.59 Å². The van der Waals surface area contributed by atoms with E-state index >= 15 is 0 Å². The first-order chi connectivity index (χ1) is 14.0. The number of carbonyl (C=O) groups excluding carboxylic acids is 1. The summed E-state index contributed by atoms with van der Waals surface area (Å²) >= 11 is 12.5. The Morgan fingerprint density at radius 3 is 2.55 bits per heavy atom. The van der Waals surface area contributed by atoms with E-state index in [1.807, 2.05) is 30.3 Å². The highest BCUT2D eigenvalue weighted by molar-refractivity contribution is 6.35. The van der Waals surface area contributed by atoms with Crippen molar-refractivity contribution in [2.45, 2.75) is 32.9 Å². The normalized spacial score (nSPS) is 10.7. The zero-order valence-electron chi connectivity index (χ0n) is 16.1. The van der Waals surface area contributed by atoms with E-state index in [1.165, 1.54) is 0 Å². The number of aromatic nitrogens is 1. The van der Waals surface area contributed by atoms with Crippen LogP contribution in [0.2, 0.25) is 10.0 Å². The number of halogens is 2. The number of unbranched alkanes of at least 4 members (excludes halogenated alkanes) is 1. The van der Waals surface area contributed by atoms with Crippen LogP contribution in [0.25, 0.3) is 11.1 Å². The lowest BCUT2D eigenvalue weighted by Gasteiger charge is -2.13. The molecule has 3 rings (SSSR count). The first-order valence-corrected chi connectivity index (χ1v) is 10.3. The van der Waals surface area contributed by atoms with Gasteiger partial charge in [-0.2, -0.15) is 0 Å². The summed E-state index contributed by atoms with van der Waals surface area (Å²) in [6, 6.07) is 16.3. The number of hydrogen-bond acceptors (Lipinski definition) is 2. The van der Waals surface area contributed by atoms with Gasteiger partial charge in [0.2, 0.25) is 0 Å². The van der Waals surface area contributed by atoms with Crippen LogP contribution in [0.5, 0.6) is 0 Å². The van der Waals surface area contributed by atoms with Gasteiger partial charge in [-0.1, -0.05) is 66.9 Å². The summed E-state index contributed by atoms with van der Waals surface area (Å²) in [5.74, 6) is -0.413. The Bertz CT molecular complexity index is 1060. The molecule has 4 nitrogen and oxygen atoms in total. The standard InChI is InChI=1S/C23H22Cl2N2O2/c1-2-3-11-27-15-17(19-13-18(24)9-10-21(19)25)12-20(23(27)29)22(28)26-14-16-7-5-4-6-8-16/h4-10,12-13,15H,2-3,11,14H2,1H3,(H,26,28). The number of carbonyl (C=O) groups is 1. The molecular formula is C23H22Cl2N2O2. The minimum absolute atomic E-state index is 0.0885. The van der Waals surface area contributed by atoms with Crippen LogP contribution in [0.3, 0.4) is 0 Å². The summed E-state index contributed by atoms with van der Waals surface area (Å²) in [7, 11) is 0. The molecule has 1 N–H and O–H groups in total. The molecule has 0 fully saturated rings. The zero-order chi connectivity index (χ0) is 20.8. The van der Waals surface area contributed by atoms with Crippen molar-refractivity contribution in [3.05, 3.63) is 92.3 Å². The molecule has 29 heavy (non-hydrogen) atoms. The van der Waals surface area contributed by atoms with E-state index in [-0.39, 0.29) is 11.1 Å². The number of benzene rings is 2. The Morgan fingerprint density at radius 1 is 1.07 bits per heavy atom. The number of nitrogens with zero attached hydrogens (tertiary/aromatic N) is 1. The van der Waals surface area contributed by atoms with E-state index in [0.717, 1.165) is 18.4 Å².